The van der Waals surface area contributed by atoms with E-state index < -0.39 is 0 Å². The highest BCUT2D eigenvalue weighted by atomic mass is 32.1. The van der Waals surface area contributed by atoms with Crippen LogP contribution in [0, 0.1) is 6.92 Å². The van der Waals surface area contributed by atoms with Crippen molar-refractivity contribution >= 4 is 33.8 Å². The molecular weight excluding hydrogens is 368 g/mol. The Morgan fingerprint density at radius 3 is 2.93 bits per heavy atom. The Hall–Kier alpha value is -2.99. The first-order chi connectivity index (χ1) is 13.7. The molecule has 0 radical (unpaired) electrons. The van der Waals surface area contributed by atoms with E-state index >= 15 is 0 Å². The molecule has 142 valence electrons. The fourth-order valence-electron chi connectivity index (χ4n) is 3.18. The van der Waals surface area contributed by atoms with Crippen LogP contribution >= 0.6 is 11.3 Å². The predicted octanol–water partition coefficient (Wildman–Crippen LogP) is 5.70. The van der Waals surface area contributed by atoms with Crippen molar-refractivity contribution in [3.63, 3.8) is 0 Å². The van der Waals surface area contributed by atoms with E-state index in [1.54, 1.807) is 23.7 Å². The summed E-state index contributed by atoms with van der Waals surface area (Å²) < 4.78 is 0. The first-order valence-corrected chi connectivity index (χ1v) is 10.3. The lowest BCUT2D eigenvalue weighted by molar-refractivity contribution is -0.113. The molecule has 0 spiro atoms. The molecule has 0 aliphatic heterocycles. The van der Waals surface area contributed by atoms with Gasteiger partial charge in [0.05, 0.1) is 5.69 Å². The summed E-state index contributed by atoms with van der Waals surface area (Å²) in [5.41, 5.74) is 5.59. The van der Waals surface area contributed by atoms with Crippen molar-refractivity contribution in [2.24, 2.45) is 0 Å². The predicted molar refractivity (Wildman–Crippen MR) is 115 cm³/mol. The first-order valence-electron chi connectivity index (χ1n) is 9.43. The van der Waals surface area contributed by atoms with Crippen LogP contribution in [0.1, 0.15) is 31.2 Å². The molecule has 0 saturated heterocycles. The number of hydrogen-bond acceptors (Lipinski definition) is 5. The molecule has 1 aliphatic rings. The maximum atomic E-state index is 12.5. The number of rotatable bonds is 5. The molecule has 6 heteroatoms. The third kappa shape index (κ3) is 4.28. The van der Waals surface area contributed by atoms with Crippen molar-refractivity contribution in [2.45, 2.75) is 32.6 Å². The second-order valence-corrected chi connectivity index (χ2v) is 7.72. The number of aryl methyl sites for hydroxylation is 1. The molecule has 1 aromatic carbocycles. The lowest BCUT2D eigenvalue weighted by atomic mass is 9.99. The van der Waals surface area contributed by atoms with E-state index in [1.165, 1.54) is 6.42 Å². The topological polar surface area (TPSA) is 66.9 Å². The van der Waals surface area contributed by atoms with Crippen molar-refractivity contribution in [3.05, 3.63) is 65.3 Å². The summed E-state index contributed by atoms with van der Waals surface area (Å²) in [6.45, 7) is 2.03. The average Bonchev–Trinajstić information content (AvgIpc) is 3.20. The van der Waals surface area contributed by atoms with E-state index in [0.717, 1.165) is 58.2 Å². The van der Waals surface area contributed by atoms with Crippen molar-refractivity contribution in [3.8, 4) is 11.3 Å². The summed E-state index contributed by atoms with van der Waals surface area (Å²) in [4.78, 5) is 21.3. The molecule has 1 amide bonds. The molecule has 0 saturated carbocycles. The Kier molecular flexibility index (Phi) is 5.48. The number of nitrogens with one attached hydrogen (secondary N) is 2. The molecular formula is C22H22N4OS. The van der Waals surface area contributed by atoms with Gasteiger partial charge in [-0.3, -0.25) is 9.78 Å². The van der Waals surface area contributed by atoms with Gasteiger partial charge in [0, 0.05) is 40.3 Å². The van der Waals surface area contributed by atoms with Gasteiger partial charge in [-0.25, -0.2) is 4.98 Å². The van der Waals surface area contributed by atoms with E-state index in [-0.39, 0.29) is 5.91 Å². The van der Waals surface area contributed by atoms with Crippen molar-refractivity contribution in [1.29, 1.82) is 0 Å². The zero-order valence-electron chi connectivity index (χ0n) is 15.7. The number of hydrogen-bond donors (Lipinski definition) is 2. The first kappa shape index (κ1) is 18.4. The van der Waals surface area contributed by atoms with Crippen LogP contribution in [0.2, 0.25) is 0 Å². The van der Waals surface area contributed by atoms with Crippen molar-refractivity contribution in [1.82, 2.24) is 9.97 Å². The highest BCUT2D eigenvalue weighted by Crippen LogP contribution is 2.29. The second-order valence-electron chi connectivity index (χ2n) is 6.86. The van der Waals surface area contributed by atoms with E-state index in [1.807, 2.05) is 42.6 Å². The zero-order valence-corrected chi connectivity index (χ0v) is 16.6. The smallest absolute Gasteiger partial charge is 0.251 e. The normalized spacial score (nSPS) is 13.7. The van der Waals surface area contributed by atoms with Crippen LogP contribution in [-0.2, 0) is 4.79 Å². The van der Waals surface area contributed by atoms with Gasteiger partial charge in [-0.15, -0.1) is 11.3 Å². The molecule has 2 N–H and O–H groups in total. The number of nitrogens with zero attached hydrogens (tertiary/aromatic N) is 2. The SMILES string of the molecule is Cc1ccc(NC(=O)C2=CCCCC2)cc1Nc1nc(-c2cccnc2)cs1. The van der Waals surface area contributed by atoms with Crippen LogP contribution in [0.3, 0.4) is 0 Å². The summed E-state index contributed by atoms with van der Waals surface area (Å²) in [5, 5.41) is 9.22. The summed E-state index contributed by atoms with van der Waals surface area (Å²) in [6, 6.07) is 9.79. The molecule has 3 aromatic rings. The molecule has 0 bridgehead atoms. The van der Waals surface area contributed by atoms with Crippen LogP contribution < -0.4 is 10.6 Å². The van der Waals surface area contributed by atoms with Crippen molar-refractivity contribution < 1.29 is 4.79 Å². The highest BCUT2D eigenvalue weighted by Gasteiger charge is 2.13. The van der Waals surface area contributed by atoms with Gasteiger partial charge in [-0.2, -0.15) is 0 Å². The van der Waals surface area contributed by atoms with Crippen LogP contribution in [-0.4, -0.2) is 15.9 Å². The van der Waals surface area contributed by atoms with Gasteiger partial charge >= 0.3 is 0 Å². The molecule has 5 nitrogen and oxygen atoms in total. The van der Waals surface area contributed by atoms with Crippen LogP contribution in [0.4, 0.5) is 16.5 Å². The molecule has 0 atom stereocenters. The monoisotopic (exact) mass is 390 g/mol. The largest absolute Gasteiger partial charge is 0.331 e. The van der Waals surface area contributed by atoms with E-state index in [0.29, 0.717) is 0 Å². The minimum atomic E-state index is 0.00242. The lowest BCUT2D eigenvalue weighted by Gasteiger charge is -2.14. The second kappa shape index (κ2) is 8.35. The lowest BCUT2D eigenvalue weighted by Crippen LogP contribution is -2.16. The van der Waals surface area contributed by atoms with Gasteiger partial charge in [0.2, 0.25) is 0 Å². The molecule has 0 unspecified atom stereocenters. The fraction of sp³-hybridized carbons (Fsp3) is 0.227. The Morgan fingerprint density at radius 2 is 2.14 bits per heavy atom. The minimum Gasteiger partial charge on any atom is -0.331 e. The minimum absolute atomic E-state index is 0.00242. The quantitative estimate of drug-likeness (QED) is 0.587. The number of aromatic nitrogens is 2. The van der Waals surface area contributed by atoms with E-state index in [9.17, 15) is 4.79 Å². The number of pyridine rings is 1. The summed E-state index contributed by atoms with van der Waals surface area (Å²) in [6.07, 6.45) is 9.72. The van der Waals surface area contributed by atoms with Gasteiger partial charge < -0.3 is 10.6 Å². The summed E-state index contributed by atoms with van der Waals surface area (Å²) in [5.74, 6) is 0.00242. The molecule has 2 aromatic heterocycles. The van der Waals surface area contributed by atoms with Gasteiger partial charge in [-0.1, -0.05) is 12.1 Å². The number of amides is 1. The third-order valence-corrected chi connectivity index (χ3v) is 5.54. The third-order valence-electron chi connectivity index (χ3n) is 4.78. The zero-order chi connectivity index (χ0) is 19.3. The Balaban J connectivity index is 1.49. The summed E-state index contributed by atoms with van der Waals surface area (Å²) in [7, 11) is 0. The number of anilines is 3. The molecule has 28 heavy (non-hydrogen) atoms. The van der Waals surface area contributed by atoms with E-state index in [4.69, 9.17) is 0 Å². The Morgan fingerprint density at radius 1 is 1.21 bits per heavy atom. The Bertz CT molecular complexity index is 1010. The van der Waals surface area contributed by atoms with Crippen molar-refractivity contribution in [2.75, 3.05) is 10.6 Å². The van der Waals surface area contributed by atoms with Gasteiger partial charge in [0.15, 0.2) is 5.13 Å². The number of benzene rings is 1. The maximum Gasteiger partial charge on any atom is 0.251 e. The highest BCUT2D eigenvalue weighted by molar-refractivity contribution is 7.14. The van der Waals surface area contributed by atoms with Gasteiger partial charge in [-0.05, 0) is 62.4 Å². The molecule has 0 fully saturated rings. The van der Waals surface area contributed by atoms with E-state index in [2.05, 4.69) is 26.7 Å². The standard InChI is InChI=1S/C22H22N4OS/c1-15-9-10-18(24-21(27)16-6-3-2-4-7-16)12-19(15)25-22-26-20(14-28-22)17-8-5-11-23-13-17/h5-6,8-14H,2-4,7H2,1H3,(H,24,27)(H,25,26). The molecule has 2 heterocycles. The number of thiazole rings is 1. The molecule has 4 rings (SSSR count). The average molecular weight is 391 g/mol. The number of carbonyl (C=O) groups is 1. The Labute approximate surface area is 168 Å². The van der Waals surface area contributed by atoms with Crippen LogP contribution in [0.25, 0.3) is 11.3 Å². The van der Waals surface area contributed by atoms with Gasteiger partial charge in [0.25, 0.3) is 5.91 Å². The number of allylic oxidation sites excluding steroid dienone is 1. The summed E-state index contributed by atoms with van der Waals surface area (Å²) >= 11 is 1.54. The maximum absolute atomic E-state index is 12.5. The van der Waals surface area contributed by atoms with Crippen LogP contribution in [0.5, 0.6) is 0 Å². The molecule has 1 aliphatic carbocycles. The fourth-order valence-corrected chi connectivity index (χ4v) is 3.92. The van der Waals surface area contributed by atoms with Gasteiger partial charge in [0.1, 0.15) is 0 Å². The van der Waals surface area contributed by atoms with Crippen LogP contribution in [0.15, 0.2) is 59.8 Å². The number of carbonyl (C=O) groups excluding carboxylic acids is 1.